The molecular weight excluding hydrogens is 186 g/mol. The summed E-state index contributed by atoms with van der Waals surface area (Å²) in [4.78, 5) is 0. The van der Waals surface area contributed by atoms with Crippen LogP contribution >= 0.6 is 0 Å². The van der Waals surface area contributed by atoms with Gasteiger partial charge in [-0.3, -0.25) is 5.32 Å². The van der Waals surface area contributed by atoms with Crippen molar-refractivity contribution in [2.45, 2.75) is 58.5 Å². The van der Waals surface area contributed by atoms with Crippen LogP contribution < -0.4 is 5.32 Å². The normalized spacial score (nSPS) is 16.1. The van der Waals surface area contributed by atoms with Gasteiger partial charge in [-0.05, 0) is 19.3 Å². The fourth-order valence-electron chi connectivity index (χ4n) is 1.73. The molecule has 0 fully saturated rings. The van der Waals surface area contributed by atoms with Crippen molar-refractivity contribution < 1.29 is 0 Å². The van der Waals surface area contributed by atoms with Crippen molar-refractivity contribution in [3.8, 4) is 12.1 Å². The molecule has 0 spiro atoms. The summed E-state index contributed by atoms with van der Waals surface area (Å²) in [5.41, 5.74) is 0. The number of nitrogens with one attached hydrogen (secondary N) is 1. The molecule has 0 heterocycles. The summed E-state index contributed by atoms with van der Waals surface area (Å²) in [6.07, 6.45) is 4.28. The molecule has 0 saturated heterocycles. The lowest BCUT2D eigenvalue weighted by Gasteiger charge is -2.19. The molecule has 0 aromatic heterocycles. The summed E-state index contributed by atoms with van der Waals surface area (Å²) < 4.78 is 0. The third-order valence-corrected chi connectivity index (χ3v) is 2.64. The SMILES string of the molecule is CCCC(CC)CC(C#N)NC(C)C#N. The Morgan fingerprint density at radius 1 is 1.20 bits per heavy atom. The second-order valence-electron chi connectivity index (χ2n) is 4.00. The van der Waals surface area contributed by atoms with Crippen molar-refractivity contribution in [2.75, 3.05) is 0 Å². The fraction of sp³-hybridized carbons (Fsp3) is 0.833. The zero-order chi connectivity index (χ0) is 11.7. The van der Waals surface area contributed by atoms with Crippen LogP contribution in [0.3, 0.4) is 0 Å². The van der Waals surface area contributed by atoms with E-state index in [0.717, 1.165) is 25.7 Å². The van der Waals surface area contributed by atoms with Gasteiger partial charge in [0.25, 0.3) is 0 Å². The standard InChI is InChI=1S/C12H21N3/c1-4-6-11(5-2)7-12(9-14)15-10(3)8-13/h10-12,15H,4-7H2,1-3H3. The minimum Gasteiger partial charge on any atom is -0.287 e. The van der Waals surface area contributed by atoms with Crippen molar-refractivity contribution in [2.24, 2.45) is 5.92 Å². The second-order valence-corrected chi connectivity index (χ2v) is 4.00. The van der Waals surface area contributed by atoms with Crippen LogP contribution in [0.5, 0.6) is 0 Å². The van der Waals surface area contributed by atoms with Gasteiger partial charge in [0, 0.05) is 0 Å². The van der Waals surface area contributed by atoms with E-state index < -0.39 is 0 Å². The highest BCUT2D eigenvalue weighted by Crippen LogP contribution is 2.17. The van der Waals surface area contributed by atoms with E-state index in [0.29, 0.717) is 5.92 Å². The zero-order valence-corrected chi connectivity index (χ0v) is 9.95. The van der Waals surface area contributed by atoms with Crippen molar-refractivity contribution in [3.05, 3.63) is 0 Å². The average molecular weight is 207 g/mol. The number of nitriles is 2. The third kappa shape index (κ3) is 6.10. The van der Waals surface area contributed by atoms with Gasteiger partial charge in [-0.25, -0.2) is 0 Å². The van der Waals surface area contributed by atoms with Gasteiger partial charge in [-0.2, -0.15) is 10.5 Å². The van der Waals surface area contributed by atoms with E-state index in [4.69, 9.17) is 10.5 Å². The van der Waals surface area contributed by atoms with Crippen LogP contribution in [0.2, 0.25) is 0 Å². The van der Waals surface area contributed by atoms with Gasteiger partial charge in [0.15, 0.2) is 0 Å². The van der Waals surface area contributed by atoms with Crippen LogP contribution in [-0.4, -0.2) is 12.1 Å². The molecule has 3 nitrogen and oxygen atoms in total. The lowest BCUT2D eigenvalue weighted by molar-refractivity contribution is 0.383. The third-order valence-electron chi connectivity index (χ3n) is 2.64. The van der Waals surface area contributed by atoms with Crippen LogP contribution in [0.15, 0.2) is 0 Å². The summed E-state index contributed by atoms with van der Waals surface area (Å²) in [6, 6.07) is 3.89. The maximum Gasteiger partial charge on any atom is 0.0965 e. The Labute approximate surface area is 93.1 Å². The van der Waals surface area contributed by atoms with Gasteiger partial charge in [0.05, 0.1) is 24.2 Å². The molecule has 0 rings (SSSR count). The molecule has 3 heteroatoms. The fourth-order valence-corrected chi connectivity index (χ4v) is 1.73. The topological polar surface area (TPSA) is 59.6 Å². The maximum atomic E-state index is 8.96. The molecule has 0 radical (unpaired) electrons. The summed E-state index contributed by atoms with van der Waals surface area (Å²) in [5.74, 6) is 0.595. The Morgan fingerprint density at radius 3 is 2.27 bits per heavy atom. The zero-order valence-electron chi connectivity index (χ0n) is 9.95. The van der Waals surface area contributed by atoms with E-state index in [1.807, 2.05) is 0 Å². The quantitative estimate of drug-likeness (QED) is 0.698. The molecule has 3 unspecified atom stereocenters. The van der Waals surface area contributed by atoms with Crippen LogP contribution in [-0.2, 0) is 0 Å². The van der Waals surface area contributed by atoms with Crippen molar-refractivity contribution in [1.29, 1.82) is 10.5 Å². The highest BCUT2D eigenvalue weighted by Gasteiger charge is 2.15. The number of nitrogens with zero attached hydrogens (tertiary/aromatic N) is 2. The predicted molar refractivity (Wildman–Crippen MR) is 60.9 cm³/mol. The average Bonchev–Trinajstić information content (AvgIpc) is 2.26. The van der Waals surface area contributed by atoms with Gasteiger partial charge >= 0.3 is 0 Å². The Balaban J connectivity index is 4.09. The lowest BCUT2D eigenvalue weighted by atomic mass is 9.93. The van der Waals surface area contributed by atoms with E-state index in [9.17, 15) is 0 Å². The van der Waals surface area contributed by atoms with Gasteiger partial charge in [0.2, 0.25) is 0 Å². The number of hydrogen-bond donors (Lipinski definition) is 1. The summed E-state index contributed by atoms with van der Waals surface area (Å²) >= 11 is 0. The summed E-state index contributed by atoms with van der Waals surface area (Å²) in [7, 11) is 0. The van der Waals surface area contributed by atoms with E-state index in [1.54, 1.807) is 6.92 Å². The number of hydrogen-bond acceptors (Lipinski definition) is 3. The number of rotatable bonds is 7. The molecule has 0 saturated carbocycles. The first-order valence-corrected chi connectivity index (χ1v) is 5.73. The van der Waals surface area contributed by atoms with Gasteiger partial charge in [-0.1, -0.05) is 33.1 Å². The van der Waals surface area contributed by atoms with Crippen molar-refractivity contribution in [1.82, 2.24) is 5.32 Å². The molecule has 0 aliphatic rings. The second kappa shape index (κ2) is 8.26. The molecular formula is C12H21N3. The van der Waals surface area contributed by atoms with E-state index in [1.165, 1.54) is 0 Å². The van der Waals surface area contributed by atoms with E-state index in [-0.39, 0.29) is 12.1 Å². The van der Waals surface area contributed by atoms with Gasteiger partial charge in [0.1, 0.15) is 0 Å². The molecule has 0 aromatic rings. The first-order valence-electron chi connectivity index (χ1n) is 5.73. The van der Waals surface area contributed by atoms with Crippen LogP contribution in [0, 0.1) is 28.6 Å². The first kappa shape index (κ1) is 13.9. The molecule has 0 bridgehead atoms. The Hall–Kier alpha value is -1.06. The van der Waals surface area contributed by atoms with Crippen LogP contribution in [0.25, 0.3) is 0 Å². The largest absolute Gasteiger partial charge is 0.287 e. The van der Waals surface area contributed by atoms with E-state index in [2.05, 4.69) is 31.3 Å². The molecule has 0 aliphatic carbocycles. The van der Waals surface area contributed by atoms with Crippen LogP contribution in [0.4, 0.5) is 0 Å². The van der Waals surface area contributed by atoms with Crippen molar-refractivity contribution >= 4 is 0 Å². The maximum absolute atomic E-state index is 8.96. The Morgan fingerprint density at radius 2 is 1.87 bits per heavy atom. The summed E-state index contributed by atoms with van der Waals surface area (Å²) in [5, 5.41) is 20.6. The molecule has 0 aromatic carbocycles. The molecule has 84 valence electrons. The van der Waals surface area contributed by atoms with Gasteiger partial charge in [-0.15, -0.1) is 0 Å². The minimum absolute atomic E-state index is 0.184. The predicted octanol–water partition coefficient (Wildman–Crippen LogP) is 2.60. The Bertz CT molecular complexity index is 236. The molecule has 0 amide bonds. The summed E-state index contributed by atoms with van der Waals surface area (Å²) in [6.45, 7) is 6.10. The highest BCUT2D eigenvalue weighted by atomic mass is 14.9. The molecule has 15 heavy (non-hydrogen) atoms. The Kier molecular flexibility index (Phi) is 7.68. The highest BCUT2D eigenvalue weighted by molar-refractivity contribution is 4.97. The minimum atomic E-state index is -0.242. The molecule has 3 atom stereocenters. The van der Waals surface area contributed by atoms with Crippen molar-refractivity contribution in [3.63, 3.8) is 0 Å². The molecule has 1 N–H and O–H groups in total. The van der Waals surface area contributed by atoms with Gasteiger partial charge < -0.3 is 0 Å². The smallest absolute Gasteiger partial charge is 0.0965 e. The van der Waals surface area contributed by atoms with Crippen LogP contribution in [0.1, 0.15) is 46.5 Å². The first-order chi connectivity index (χ1) is 7.17. The molecule has 0 aliphatic heterocycles. The van der Waals surface area contributed by atoms with E-state index >= 15 is 0 Å². The monoisotopic (exact) mass is 207 g/mol. The lowest BCUT2D eigenvalue weighted by Crippen LogP contribution is -2.36.